The van der Waals surface area contributed by atoms with Crippen LogP contribution in [-0.4, -0.2) is 17.0 Å². The average molecular weight is 111 g/mol. The normalized spacial score (nSPS) is 8.62. The van der Waals surface area contributed by atoms with Gasteiger partial charge in [-0.05, 0) is 6.07 Å². The average Bonchev–Trinajstić information content (AvgIpc) is 1.90. The highest BCUT2D eigenvalue weighted by Gasteiger charge is 1.81. The third-order valence-corrected chi connectivity index (χ3v) is 0.789. The molecule has 8 heavy (non-hydrogen) atoms. The summed E-state index contributed by atoms with van der Waals surface area (Å²) in [5.41, 5.74) is 0. The Bertz CT molecular complexity index is 154. The van der Waals surface area contributed by atoms with Gasteiger partial charge in [0.15, 0.2) is 0 Å². The summed E-state index contributed by atoms with van der Waals surface area (Å²) in [7, 11) is 1.79. The van der Waals surface area contributed by atoms with Crippen LogP contribution in [0.25, 0.3) is 0 Å². The number of nitrogens with zero attached hydrogens (tertiary/aromatic N) is 2. The minimum absolute atomic E-state index is 0. The lowest BCUT2D eigenvalue weighted by Crippen LogP contribution is -1.92. The summed E-state index contributed by atoms with van der Waals surface area (Å²) in [4.78, 5) is 7.75. The van der Waals surface area contributed by atoms with Gasteiger partial charge in [0.05, 0.1) is 0 Å². The molecule has 0 atom stereocenters. The van der Waals surface area contributed by atoms with E-state index in [0.717, 1.165) is 0 Å². The van der Waals surface area contributed by atoms with Crippen molar-refractivity contribution >= 4 is 5.95 Å². The molecule has 0 aliphatic carbocycles. The maximum absolute atomic E-state index is 3.88. The lowest BCUT2D eigenvalue weighted by atomic mass is 10.7. The first kappa shape index (κ1) is 5.03. The van der Waals surface area contributed by atoms with Gasteiger partial charge in [0.2, 0.25) is 5.95 Å². The van der Waals surface area contributed by atoms with Crippen LogP contribution in [0.1, 0.15) is 1.43 Å². The molecule has 0 saturated carbocycles. The Kier molecular flexibility index (Phi) is 1.42. The van der Waals surface area contributed by atoms with Crippen molar-refractivity contribution in [2.45, 2.75) is 0 Å². The third kappa shape index (κ3) is 0.932. The Morgan fingerprint density at radius 2 is 2.12 bits per heavy atom. The van der Waals surface area contributed by atoms with E-state index in [2.05, 4.69) is 15.3 Å². The summed E-state index contributed by atoms with van der Waals surface area (Å²) < 4.78 is 0. The highest BCUT2D eigenvalue weighted by molar-refractivity contribution is 5.19. The first-order valence-electron chi connectivity index (χ1n) is 2.38. The zero-order chi connectivity index (χ0) is 5.82. The Balaban J connectivity index is 0.000000640. The third-order valence-electron chi connectivity index (χ3n) is 0.789. The number of anilines is 1. The number of rotatable bonds is 1. The van der Waals surface area contributed by atoms with Crippen molar-refractivity contribution in [3.63, 3.8) is 0 Å². The zero-order valence-electron chi connectivity index (χ0n) is 4.63. The summed E-state index contributed by atoms with van der Waals surface area (Å²) in [6, 6.07) is 1.78. The topological polar surface area (TPSA) is 37.8 Å². The van der Waals surface area contributed by atoms with Crippen molar-refractivity contribution in [2.24, 2.45) is 0 Å². The Morgan fingerprint density at radius 1 is 1.50 bits per heavy atom. The van der Waals surface area contributed by atoms with E-state index in [1.807, 2.05) is 0 Å². The van der Waals surface area contributed by atoms with Crippen LogP contribution in [0.4, 0.5) is 5.95 Å². The Labute approximate surface area is 49.3 Å². The van der Waals surface area contributed by atoms with Crippen molar-refractivity contribution < 1.29 is 1.43 Å². The van der Waals surface area contributed by atoms with E-state index >= 15 is 0 Å². The molecule has 44 valence electrons. The van der Waals surface area contributed by atoms with Crippen LogP contribution in [0, 0.1) is 0 Å². The molecule has 1 N–H and O–H groups in total. The Hall–Kier alpha value is -1.12. The fraction of sp³-hybridized carbons (Fsp3) is 0.200. The molecule has 0 radical (unpaired) electrons. The maximum atomic E-state index is 3.88. The van der Waals surface area contributed by atoms with Crippen LogP contribution in [0.2, 0.25) is 0 Å². The second-order valence-corrected chi connectivity index (χ2v) is 1.32. The van der Waals surface area contributed by atoms with Gasteiger partial charge in [0.25, 0.3) is 0 Å². The Morgan fingerprint density at radius 3 is 2.50 bits per heavy atom. The number of hydrogen-bond donors (Lipinski definition) is 1. The van der Waals surface area contributed by atoms with E-state index in [1.165, 1.54) is 0 Å². The monoisotopic (exact) mass is 111 g/mol. The van der Waals surface area contributed by atoms with Crippen LogP contribution < -0.4 is 5.32 Å². The van der Waals surface area contributed by atoms with Crippen LogP contribution in [0.3, 0.4) is 0 Å². The number of nitrogens with one attached hydrogen (secondary N) is 1. The van der Waals surface area contributed by atoms with E-state index in [4.69, 9.17) is 0 Å². The predicted molar refractivity (Wildman–Crippen MR) is 33.7 cm³/mol. The van der Waals surface area contributed by atoms with Gasteiger partial charge in [-0.2, -0.15) is 0 Å². The van der Waals surface area contributed by atoms with E-state index < -0.39 is 0 Å². The molecule has 0 aliphatic heterocycles. The van der Waals surface area contributed by atoms with Gasteiger partial charge in [0, 0.05) is 20.9 Å². The SMILES string of the molecule is CNc1ncccn1.[HH]. The van der Waals surface area contributed by atoms with Crippen molar-refractivity contribution in [3.8, 4) is 0 Å². The largest absolute Gasteiger partial charge is 0.357 e. The minimum atomic E-state index is 0. The molecule has 1 heterocycles. The van der Waals surface area contributed by atoms with Gasteiger partial charge in [-0.1, -0.05) is 0 Å². The van der Waals surface area contributed by atoms with Crippen LogP contribution in [0.15, 0.2) is 18.5 Å². The molecule has 1 aromatic heterocycles. The van der Waals surface area contributed by atoms with Crippen LogP contribution >= 0.6 is 0 Å². The lowest BCUT2D eigenvalue weighted by molar-refractivity contribution is 1.15. The minimum Gasteiger partial charge on any atom is -0.357 e. The second kappa shape index (κ2) is 2.26. The quantitative estimate of drug-likeness (QED) is 0.581. The fourth-order valence-corrected chi connectivity index (χ4v) is 0.428. The molecule has 0 aliphatic rings. The van der Waals surface area contributed by atoms with Crippen LogP contribution in [0.5, 0.6) is 0 Å². The van der Waals surface area contributed by atoms with Gasteiger partial charge in [-0.3, -0.25) is 0 Å². The van der Waals surface area contributed by atoms with Gasteiger partial charge in [-0.25, -0.2) is 9.97 Å². The van der Waals surface area contributed by atoms with E-state index in [0.29, 0.717) is 5.95 Å². The smallest absolute Gasteiger partial charge is 0.222 e. The predicted octanol–water partition coefficient (Wildman–Crippen LogP) is 0.764. The van der Waals surface area contributed by atoms with Gasteiger partial charge in [-0.15, -0.1) is 0 Å². The molecule has 0 amide bonds. The molecular formula is C5H9N3. The summed E-state index contributed by atoms with van der Waals surface area (Å²) in [5.74, 6) is 0.660. The van der Waals surface area contributed by atoms with Crippen molar-refractivity contribution in [3.05, 3.63) is 18.5 Å². The molecule has 3 nitrogen and oxygen atoms in total. The summed E-state index contributed by atoms with van der Waals surface area (Å²) in [6.45, 7) is 0. The molecule has 3 heteroatoms. The van der Waals surface area contributed by atoms with Gasteiger partial charge in [0.1, 0.15) is 0 Å². The standard InChI is InChI=1S/C5H7N3.H2/c1-6-5-7-3-2-4-8-5;/h2-4H,1H3,(H,6,7,8);1H. The van der Waals surface area contributed by atoms with E-state index in [1.54, 1.807) is 25.5 Å². The molecule has 0 aromatic carbocycles. The molecule has 1 aromatic rings. The lowest BCUT2D eigenvalue weighted by Gasteiger charge is -1.91. The fourth-order valence-electron chi connectivity index (χ4n) is 0.428. The summed E-state index contributed by atoms with van der Waals surface area (Å²) in [6.07, 6.45) is 3.39. The molecule has 0 spiro atoms. The van der Waals surface area contributed by atoms with Crippen molar-refractivity contribution in [2.75, 3.05) is 12.4 Å². The first-order chi connectivity index (χ1) is 3.93. The molecule has 0 fully saturated rings. The second-order valence-electron chi connectivity index (χ2n) is 1.32. The molecule has 0 bridgehead atoms. The summed E-state index contributed by atoms with van der Waals surface area (Å²) in [5, 5.41) is 2.80. The van der Waals surface area contributed by atoms with Gasteiger partial charge >= 0.3 is 0 Å². The molecule has 0 saturated heterocycles. The van der Waals surface area contributed by atoms with Gasteiger partial charge < -0.3 is 5.32 Å². The number of hydrogen-bond acceptors (Lipinski definition) is 3. The van der Waals surface area contributed by atoms with Crippen molar-refractivity contribution in [1.82, 2.24) is 9.97 Å². The van der Waals surface area contributed by atoms with E-state index in [-0.39, 0.29) is 1.43 Å². The first-order valence-corrected chi connectivity index (χ1v) is 2.38. The zero-order valence-corrected chi connectivity index (χ0v) is 4.63. The highest BCUT2D eigenvalue weighted by Crippen LogP contribution is 1.88. The van der Waals surface area contributed by atoms with Crippen molar-refractivity contribution in [1.29, 1.82) is 0 Å². The van der Waals surface area contributed by atoms with E-state index in [9.17, 15) is 0 Å². The maximum Gasteiger partial charge on any atom is 0.222 e. The highest BCUT2D eigenvalue weighted by atomic mass is 15.1. The molecular weight excluding hydrogens is 102 g/mol. The molecule has 0 unspecified atom stereocenters. The molecule has 1 rings (SSSR count). The summed E-state index contributed by atoms with van der Waals surface area (Å²) >= 11 is 0. The number of aromatic nitrogens is 2. The van der Waals surface area contributed by atoms with Crippen LogP contribution in [-0.2, 0) is 0 Å².